The van der Waals surface area contributed by atoms with Gasteiger partial charge in [-0.2, -0.15) is 0 Å². The number of hydrogen-bond donors (Lipinski definition) is 2. The number of benzene rings is 1. The summed E-state index contributed by atoms with van der Waals surface area (Å²) in [6, 6.07) is 4.96. The van der Waals surface area contributed by atoms with Crippen LogP contribution in [0.25, 0.3) is 0 Å². The van der Waals surface area contributed by atoms with Crippen molar-refractivity contribution in [3.8, 4) is 0 Å². The molecule has 0 aromatic heterocycles. The van der Waals surface area contributed by atoms with E-state index >= 15 is 0 Å². The van der Waals surface area contributed by atoms with Crippen LogP contribution < -0.4 is 5.32 Å². The van der Waals surface area contributed by atoms with E-state index in [1.807, 2.05) is 40.7 Å². The molecular weight excluding hydrogens is 227 g/mol. The number of aryl methyl sites for hydroxylation is 1. The Morgan fingerprint density at radius 3 is 2.44 bits per heavy atom. The largest absolute Gasteiger partial charge is 0.367 e. The predicted octanol–water partition coefficient (Wildman–Crippen LogP) is 4.20. The monoisotopic (exact) mass is 250 g/mol. The first-order valence-electron chi connectivity index (χ1n) is 6.38. The first-order valence-corrected chi connectivity index (χ1v) is 6.38. The highest BCUT2D eigenvalue weighted by Crippen LogP contribution is 2.25. The molecule has 0 aliphatic heterocycles. The normalized spacial score (nSPS) is 13.2. The van der Waals surface area contributed by atoms with Crippen LogP contribution in [0.5, 0.6) is 0 Å². The first kappa shape index (κ1) is 14.7. The van der Waals surface area contributed by atoms with E-state index in [4.69, 9.17) is 5.41 Å². The summed E-state index contributed by atoms with van der Waals surface area (Å²) in [5.41, 5.74) is 1.36. The van der Waals surface area contributed by atoms with Crippen molar-refractivity contribution in [1.29, 1.82) is 5.41 Å². The molecule has 1 rings (SSSR count). The smallest absolute Gasteiger partial charge is 0.128 e. The zero-order valence-electron chi connectivity index (χ0n) is 11.9. The third-order valence-electron chi connectivity index (χ3n) is 3.10. The molecule has 1 unspecified atom stereocenters. The zero-order chi connectivity index (χ0) is 13.9. The standard InChI is InChI=1S/C15H23FN2/c1-6-12(18-14(17)15(3,4)5)13-10(2)8-7-9-11(13)16/h7-9,12H,6H2,1-5H3,(H2,17,18). The fourth-order valence-corrected chi connectivity index (χ4v) is 1.86. The SMILES string of the molecule is CCC(NC(=N)C(C)(C)C)c1c(C)cccc1F. The molecule has 0 aliphatic carbocycles. The van der Waals surface area contributed by atoms with Crippen molar-refractivity contribution in [2.75, 3.05) is 0 Å². The minimum absolute atomic E-state index is 0.141. The second-order valence-electron chi connectivity index (χ2n) is 5.70. The van der Waals surface area contributed by atoms with E-state index in [2.05, 4.69) is 5.32 Å². The molecule has 0 spiro atoms. The van der Waals surface area contributed by atoms with Crippen molar-refractivity contribution in [1.82, 2.24) is 5.32 Å². The van der Waals surface area contributed by atoms with Gasteiger partial charge in [-0.25, -0.2) is 4.39 Å². The Balaban J connectivity index is 3.01. The Morgan fingerprint density at radius 2 is 2.00 bits per heavy atom. The summed E-state index contributed by atoms with van der Waals surface area (Å²) in [5.74, 6) is 0.244. The van der Waals surface area contributed by atoms with Crippen LogP contribution >= 0.6 is 0 Å². The van der Waals surface area contributed by atoms with E-state index in [0.717, 1.165) is 12.0 Å². The number of hydrogen-bond acceptors (Lipinski definition) is 1. The van der Waals surface area contributed by atoms with Gasteiger partial charge in [0.2, 0.25) is 0 Å². The van der Waals surface area contributed by atoms with Crippen molar-refractivity contribution in [3.05, 3.63) is 35.1 Å². The Kier molecular flexibility index (Phi) is 4.49. The highest BCUT2D eigenvalue weighted by Gasteiger charge is 2.23. The van der Waals surface area contributed by atoms with Gasteiger partial charge in [0.15, 0.2) is 0 Å². The lowest BCUT2D eigenvalue weighted by Crippen LogP contribution is -2.37. The van der Waals surface area contributed by atoms with Gasteiger partial charge in [-0.3, -0.25) is 5.41 Å². The highest BCUT2D eigenvalue weighted by atomic mass is 19.1. The van der Waals surface area contributed by atoms with Gasteiger partial charge >= 0.3 is 0 Å². The molecule has 2 N–H and O–H groups in total. The molecule has 0 aliphatic rings. The van der Waals surface area contributed by atoms with Crippen LogP contribution in [0.15, 0.2) is 18.2 Å². The van der Waals surface area contributed by atoms with E-state index in [1.165, 1.54) is 6.07 Å². The van der Waals surface area contributed by atoms with Crippen LogP contribution in [0.3, 0.4) is 0 Å². The molecule has 0 radical (unpaired) electrons. The average Bonchev–Trinajstić information content (AvgIpc) is 2.25. The fourth-order valence-electron chi connectivity index (χ4n) is 1.86. The maximum Gasteiger partial charge on any atom is 0.128 e. The number of nitrogens with one attached hydrogen (secondary N) is 2. The van der Waals surface area contributed by atoms with Gasteiger partial charge in [0.05, 0.1) is 11.9 Å². The molecule has 0 saturated heterocycles. The van der Waals surface area contributed by atoms with Crippen molar-refractivity contribution in [3.63, 3.8) is 0 Å². The summed E-state index contributed by atoms with van der Waals surface area (Å²) >= 11 is 0. The van der Waals surface area contributed by atoms with Crippen LogP contribution in [-0.4, -0.2) is 5.84 Å². The molecule has 0 saturated carbocycles. The molecule has 0 bridgehead atoms. The lowest BCUT2D eigenvalue weighted by Gasteiger charge is -2.27. The molecule has 0 amide bonds. The summed E-state index contributed by atoms with van der Waals surface area (Å²) in [6.07, 6.45) is 0.750. The van der Waals surface area contributed by atoms with Crippen LogP contribution in [0.2, 0.25) is 0 Å². The molecule has 100 valence electrons. The van der Waals surface area contributed by atoms with Crippen molar-refractivity contribution < 1.29 is 4.39 Å². The second-order valence-corrected chi connectivity index (χ2v) is 5.70. The summed E-state index contributed by atoms with van der Waals surface area (Å²) in [4.78, 5) is 0. The average molecular weight is 250 g/mol. The topological polar surface area (TPSA) is 35.9 Å². The van der Waals surface area contributed by atoms with Gasteiger partial charge in [0, 0.05) is 11.0 Å². The summed E-state index contributed by atoms with van der Waals surface area (Å²) in [5, 5.41) is 11.2. The molecule has 1 aromatic rings. The van der Waals surface area contributed by atoms with Crippen LogP contribution in [0, 0.1) is 23.6 Å². The molecule has 1 aromatic carbocycles. The van der Waals surface area contributed by atoms with Crippen molar-refractivity contribution in [2.24, 2.45) is 5.41 Å². The predicted molar refractivity (Wildman–Crippen MR) is 74.5 cm³/mol. The quantitative estimate of drug-likeness (QED) is 0.612. The van der Waals surface area contributed by atoms with Gasteiger partial charge in [0.25, 0.3) is 0 Å². The number of amidine groups is 1. The van der Waals surface area contributed by atoms with Crippen LogP contribution in [0.4, 0.5) is 4.39 Å². The highest BCUT2D eigenvalue weighted by molar-refractivity contribution is 5.84. The van der Waals surface area contributed by atoms with E-state index < -0.39 is 0 Å². The minimum Gasteiger partial charge on any atom is -0.367 e. The molecular formula is C15H23FN2. The number of halogens is 1. The Labute approximate surface area is 109 Å². The Morgan fingerprint density at radius 1 is 1.39 bits per heavy atom. The lowest BCUT2D eigenvalue weighted by molar-refractivity contribution is 0.502. The second kappa shape index (κ2) is 5.51. The van der Waals surface area contributed by atoms with Gasteiger partial charge < -0.3 is 5.32 Å². The van der Waals surface area contributed by atoms with Crippen LogP contribution in [-0.2, 0) is 0 Å². The van der Waals surface area contributed by atoms with E-state index in [-0.39, 0.29) is 17.3 Å². The number of rotatable bonds is 3. The molecule has 1 atom stereocenters. The first-order chi connectivity index (χ1) is 8.27. The van der Waals surface area contributed by atoms with Crippen molar-refractivity contribution in [2.45, 2.75) is 47.1 Å². The Hall–Kier alpha value is -1.38. The van der Waals surface area contributed by atoms with E-state index in [0.29, 0.717) is 11.4 Å². The van der Waals surface area contributed by atoms with Crippen LogP contribution in [0.1, 0.15) is 51.3 Å². The van der Waals surface area contributed by atoms with Crippen molar-refractivity contribution >= 4 is 5.84 Å². The third-order valence-corrected chi connectivity index (χ3v) is 3.10. The molecule has 3 heteroatoms. The lowest BCUT2D eigenvalue weighted by atomic mass is 9.92. The molecule has 18 heavy (non-hydrogen) atoms. The molecule has 2 nitrogen and oxygen atoms in total. The van der Waals surface area contributed by atoms with E-state index in [9.17, 15) is 4.39 Å². The summed E-state index contributed by atoms with van der Waals surface area (Å²) in [6.45, 7) is 9.83. The summed E-state index contributed by atoms with van der Waals surface area (Å²) < 4.78 is 13.9. The minimum atomic E-state index is -0.243. The zero-order valence-corrected chi connectivity index (χ0v) is 11.9. The summed E-state index contributed by atoms with van der Waals surface area (Å²) in [7, 11) is 0. The van der Waals surface area contributed by atoms with Gasteiger partial charge in [0.1, 0.15) is 5.82 Å². The van der Waals surface area contributed by atoms with Gasteiger partial charge in [-0.15, -0.1) is 0 Å². The molecule has 0 fully saturated rings. The van der Waals surface area contributed by atoms with Gasteiger partial charge in [-0.05, 0) is 25.0 Å². The fraction of sp³-hybridized carbons (Fsp3) is 0.533. The third kappa shape index (κ3) is 3.31. The maximum absolute atomic E-state index is 13.9. The van der Waals surface area contributed by atoms with E-state index in [1.54, 1.807) is 6.07 Å². The molecule has 0 heterocycles. The maximum atomic E-state index is 13.9. The van der Waals surface area contributed by atoms with Gasteiger partial charge in [-0.1, -0.05) is 39.8 Å². The Bertz CT molecular complexity index is 412.